The zero-order chi connectivity index (χ0) is 13.1. The summed E-state index contributed by atoms with van der Waals surface area (Å²) in [5.74, 6) is 0.0733. The molecular formula is C14H20N2O2. The smallest absolute Gasteiger partial charge is 0.242 e. The molecule has 1 heterocycles. The first-order valence-electron chi connectivity index (χ1n) is 6.46. The van der Waals surface area contributed by atoms with E-state index in [0.29, 0.717) is 6.54 Å². The number of carbonyl (C=O) groups excluding carboxylic acids is 1. The molecule has 1 saturated heterocycles. The van der Waals surface area contributed by atoms with Crippen LogP contribution in [0.25, 0.3) is 0 Å². The predicted molar refractivity (Wildman–Crippen MR) is 71.5 cm³/mol. The number of anilines is 1. The molecule has 2 rings (SSSR count). The minimum atomic E-state index is -0.524. The zero-order valence-electron chi connectivity index (χ0n) is 10.9. The van der Waals surface area contributed by atoms with Gasteiger partial charge in [0.25, 0.3) is 0 Å². The first-order chi connectivity index (χ1) is 8.65. The Morgan fingerprint density at radius 3 is 2.89 bits per heavy atom. The first kappa shape index (κ1) is 12.9. The van der Waals surface area contributed by atoms with Gasteiger partial charge in [0.1, 0.15) is 6.04 Å². The van der Waals surface area contributed by atoms with Crippen LogP contribution >= 0.6 is 0 Å². The maximum atomic E-state index is 11.9. The second-order valence-corrected chi connectivity index (χ2v) is 4.64. The zero-order valence-corrected chi connectivity index (χ0v) is 10.9. The van der Waals surface area contributed by atoms with E-state index in [1.807, 2.05) is 31.2 Å². The van der Waals surface area contributed by atoms with Gasteiger partial charge in [0.2, 0.25) is 5.91 Å². The number of carbonyl (C=O) groups is 1. The number of piperazine rings is 1. The average molecular weight is 248 g/mol. The number of benzene rings is 1. The molecule has 1 fully saturated rings. The van der Waals surface area contributed by atoms with Crippen LogP contribution in [0.4, 0.5) is 5.69 Å². The van der Waals surface area contributed by atoms with Crippen molar-refractivity contribution in [2.45, 2.75) is 32.4 Å². The molecule has 0 aliphatic carbocycles. The summed E-state index contributed by atoms with van der Waals surface area (Å²) >= 11 is 0. The van der Waals surface area contributed by atoms with Gasteiger partial charge in [0.15, 0.2) is 0 Å². The van der Waals surface area contributed by atoms with Gasteiger partial charge in [0.05, 0.1) is 6.10 Å². The number of para-hydroxylation sites is 1. The number of rotatable bonds is 3. The van der Waals surface area contributed by atoms with Gasteiger partial charge in [-0.15, -0.1) is 0 Å². The number of nitrogens with one attached hydrogen (secondary N) is 1. The van der Waals surface area contributed by atoms with Crippen LogP contribution in [0, 0.1) is 0 Å². The highest BCUT2D eigenvalue weighted by Gasteiger charge is 2.29. The first-order valence-corrected chi connectivity index (χ1v) is 6.46. The fourth-order valence-electron chi connectivity index (χ4n) is 2.51. The van der Waals surface area contributed by atoms with Crippen LogP contribution in [0.2, 0.25) is 0 Å². The molecule has 0 aromatic heterocycles. The Balaban J connectivity index is 2.37. The number of nitrogens with zero attached hydrogens (tertiary/aromatic N) is 1. The van der Waals surface area contributed by atoms with Gasteiger partial charge in [-0.1, -0.05) is 25.1 Å². The van der Waals surface area contributed by atoms with E-state index in [1.54, 1.807) is 6.92 Å². The average Bonchev–Trinajstić information content (AvgIpc) is 2.38. The highest BCUT2D eigenvalue weighted by atomic mass is 16.3. The molecule has 1 aromatic carbocycles. The second kappa shape index (κ2) is 5.40. The normalized spacial score (nSPS) is 21.6. The van der Waals surface area contributed by atoms with E-state index < -0.39 is 6.10 Å². The standard InChI is InChI=1S/C14H20N2O2/c1-3-12-14(18)15-8-9-16(12)13-7-5-4-6-11(13)10(2)17/h4-7,10,12,17H,3,8-9H2,1-2H3,(H,15,18). The molecule has 1 aliphatic rings. The van der Waals surface area contributed by atoms with E-state index in [2.05, 4.69) is 10.2 Å². The Kier molecular flexibility index (Phi) is 3.87. The number of hydrogen-bond donors (Lipinski definition) is 2. The van der Waals surface area contributed by atoms with Crippen molar-refractivity contribution in [1.29, 1.82) is 0 Å². The molecule has 2 N–H and O–H groups in total. The van der Waals surface area contributed by atoms with Crippen molar-refractivity contribution in [1.82, 2.24) is 5.32 Å². The van der Waals surface area contributed by atoms with Crippen molar-refractivity contribution in [2.75, 3.05) is 18.0 Å². The topological polar surface area (TPSA) is 52.6 Å². The molecule has 1 aromatic rings. The number of aliphatic hydroxyl groups is 1. The number of hydrogen-bond acceptors (Lipinski definition) is 3. The van der Waals surface area contributed by atoms with Gasteiger partial charge in [-0.2, -0.15) is 0 Å². The maximum Gasteiger partial charge on any atom is 0.242 e. The van der Waals surface area contributed by atoms with Crippen LogP contribution in [-0.2, 0) is 4.79 Å². The fourth-order valence-corrected chi connectivity index (χ4v) is 2.51. The molecule has 0 radical (unpaired) electrons. The largest absolute Gasteiger partial charge is 0.389 e. The molecule has 4 nitrogen and oxygen atoms in total. The molecule has 0 bridgehead atoms. The van der Waals surface area contributed by atoms with E-state index in [-0.39, 0.29) is 11.9 Å². The van der Waals surface area contributed by atoms with Crippen molar-refractivity contribution in [2.24, 2.45) is 0 Å². The van der Waals surface area contributed by atoms with Crippen molar-refractivity contribution >= 4 is 11.6 Å². The Morgan fingerprint density at radius 1 is 1.50 bits per heavy atom. The third-order valence-electron chi connectivity index (χ3n) is 3.41. The van der Waals surface area contributed by atoms with E-state index in [9.17, 15) is 9.90 Å². The van der Waals surface area contributed by atoms with Crippen LogP contribution in [0.3, 0.4) is 0 Å². The molecule has 2 unspecified atom stereocenters. The second-order valence-electron chi connectivity index (χ2n) is 4.64. The van der Waals surface area contributed by atoms with Gasteiger partial charge in [-0.25, -0.2) is 0 Å². The van der Waals surface area contributed by atoms with E-state index >= 15 is 0 Å². The lowest BCUT2D eigenvalue weighted by Gasteiger charge is -2.37. The van der Waals surface area contributed by atoms with Crippen LogP contribution in [0.15, 0.2) is 24.3 Å². The lowest BCUT2D eigenvalue weighted by atomic mass is 10.0. The summed E-state index contributed by atoms with van der Waals surface area (Å²) in [5, 5.41) is 12.7. The Bertz CT molecular complexity index is 432. The van der Waals surface area contributed by atoms with Gasteiger partial charge in [-0.05, 0) is 19.4 Å². The Morgan fingerprint density at radius 2 is 2.22 bits per heavy atom. The summed E-state index contributed by atoms with van der Waals surface area (Å²) in [5.41, 5.74) is 1.85. The molecule has 0 spiro atoms. The number of amides is 1. The van der Waals surface area contributed by atoms with Crippen LogP contribution < -0.4 is 10.2 Å². The summed E-state index contributed by atoms with van der Waals surface area (Å²) in [6.45, 7) is 5.20. The number of aliphatic hydroxyl groups excluding tert-OH is 1. The van der Waals surface area contributed by atoms with Crippen molar-refractivity contribution < 1.29 is 9.90 Å². The third kappa shape index (κ3) is 2.34. The highest BCUT2D eigenvalue weighted by molar-refractivity contribution is 5.86. The SMILES string of the molecule is CCC1C(=O)NCCN1c1ccccc1C(C)O. The van der Waals surface area contributed by atoms with Gasteiger partial charge < -0.3 is 15.3 Å². The molecule has 0 saturated carbocycles. The van der Waals surface area contributed by atoms with E-state index in [1.165, 1.54) is 0 Å². The summed E-state index contributed by atoms with van der Waals surface area (Å²) in [6.07, 6.45) is 0.240. The summed E-state index contributed by atoms with van der Waals surface area (Å²) < 4.78 is 0. The summed E-state index contributed by atoms with van der Waals surface area (Å²) in [4.78, 5) is 14.0. The Hall–Kier alpha value is -1.55. The fraction of sp³-hybridized carbons (Fsp3) is 0.500. The monoisotopic (exact) mass is 248 g/mol. The summed E-state index contributed by atoms with van der Waals surface area (Å²) in [6, 6.07) is 7.61. The van der Waals surface area contributed by atoms with Gasteiger partial charge in [0, 0.05) is 24.3 Å². The lowest BCUT2D eigenvalue weighted by Crippen LogP contribution is -2.55. The van der Waals surface area contributed by atoms with Crippen molar-refractivity contribution in [3.63, 3.8) is 0 Å². The van der Waals surface area contributed by atoms with Crippen LogP contribution in [-0.4, -0.2) is 30.1 Å². The van der Waals surface area contributed by atoms with Gasteiger partial charge in [-0.3, -0.25) is 4.79 Å². The molecule has 4 heteroatoms. The van der Waals surface area contributed by atoms with Crippen LogP contribution in [0.1, 0.15) is 31.9 Å². The third-order valence-corrected chi connectivity index (χ3v) is 3.41. The molecule has 1 amide bonds. The predicted octanol–water partition coefficient (Wildman–Crippen LogP) is 1.45. The van der Waals surface area contributed by atoms with Crippen molar-refractivity contribution in [3.05, 3.63) is 29.8 Å². The van der Waals surface area contributed by atoms with E-state index in [0.717, 1.165) is 24.2 Å². The maximum absolute atomic E-state index is 11.9. The Labute approximate surface area is 108 Å². The van der Waals surface area contributed by atoms with Crippen LogP contribution in [0.5, 0.6) is 0 Å². The molecule has 1 aliphatic heterocycles. The minimum absolute atomic E-state index is 0.0733. The van der Waals surface area contributed by atoms with E-state index in [4.69, 9.17) is 0 Å². The molecule has 98 valence electrons. The molecule has 2 atom stereocenters. The molecular weight excluding hydrogens is 228 g/mol. The molecule has 18 heavy (non-hydrogen) atoms. The van der Waals surface area contributed by atoms with Crippen molar-refractivity contribution in [3.8, 4) is 0 Å². The highest BCUT2D eigenvalue weighted by Crippen LogP contribution is 2.29. The quantitative estimate of drug-likeness (QED) is 0.851. The van der Waals surface area contributed by atoms with Gasteiger partial charge >= 0.3 is 0 Å². The minimum Gasteiger partial charge on any atom is -0.389 e. The summed E-state index contributed by atoms with van der Waals surface area (Å²) in [7, 11) is 0. The lowest BCUT2D eigenvalue weighted by molar-refractivity contribution is -0.123.